The fourth-order valence-electron chi connectivity index (χ4n) is 1.47. The van der Waals surface area contributed by atoms with Gasteiger partial charge in [0.15, 0.2) is 0 Å². The van der Waals surface area contributed by atoms with Crippen LogP contribution in [0.4, 0.5) is 4.39 Å². The highest BCUT2D eigenvalue weighted by atomic mass is 32.2. The predicted molar refractivity (Wildman–Crippen MR) is 64.2 cm³/mol. The molecular formula is C11H16FNO4S. The highest BCUT2D eigenvalue weighted by Crippen LogP contribution is 2.16. The zero-order valence-electron chi connectivity index (χ0n) is 10.2. The number of ether oxygens (including phenoxy) is 1. The van der Waals surface area contributed by atoms with Crippen molar-refractivity contribution in [2.75, 3.05) is 20.3 Å². The molecule has 0 heterocycles. The summed E-state index contributed by atoms with van der Waals surface area (Å²) in [4.78, 5) is -0.142. The number of methoxy groups -OCH3 is 1. The summed E-state index contributed by atoms with van der Waals surface area (Å²) in [5.74, 6) is -0.631. The Morgan fingerprint density at radius 1 is 1.50 bits per heavy atom. The second-order valence-electron chi connectivity index (χ2n) is 3.87. The predicted octanol–water partition coefficient (Wildman–Crippen LogP) is 0.420. The summed E-state index contributed by atoms with van der Waals surface area (Å²) in [5.41, 5.74) is 0.429. The molecule has 18 heavy (non-hydrogen) atoms. The van der Waals surface area contributed by atoms with Gasteiger partial charge in [-0.15, -0.1) is 0 Å². The molecule has 0 aliphatic carbocycles. The Morgan fingerprint density at radius 3 is 2.72 bits per heavy atom. The van der Waals surface area contributed by atoms with E-state index in [4.69, 9.17) is 9.84 Å². The molecule has 7 heteroatoms. The van der Waals surface area contributed by atoms with Gasteiger partial charge in [-0.2, -0.15) is 0 Å². The highest BCUT2D eigenvalue weighted by molar-refractivity contribution is 7.89. The van der Waals surface area contributed by atoms with Crippen molar-refractivity contribution >= 4 is 10.0 Å². The van der Waals surface area contributed by atoms with E-state index in [2.05, 4.69) is 4.72 Å². The molecule has 0 aliphatic rings. The molecule has 0 aromatic heterocycles. The lowest BCUT2D eigenvalue weighted by atomic mass is 10.2. The van der Waals surface area contributed by atoms with Gasteiger partial charge in [0.1, 0.15) is 5.82 Å². The Hall–Kier alpha value is -1.02. The van der Waals surface area contributed by atoms with Crippen LogP contribution in [0.1, 0.15) is 5.56 Å². The fourth-order valence-corrected chi connectivity index (χ4v) is 2.94. The lowest BCUT2D eigenvalue weighted by Crippen LogP contribution is -2.40. The maximum Gasteiger partial charge on any atom is 0.241 e. The van der Waals surface area contributed by atoms with Crippen LogP contribution < -0.4 is 4.72 Å². The van der Waals surface area contributed by atoms with Gasteiger partial charge in [-0.3, -0.25) is 0 Å². The topological polar surface area (TPSA) is 75.6 Å². The molecule has 5 nitrogen and oxygen atoms in total. The highest BCUT2D eigenvalue weighted by Gasteiger charge is 2.21. The number of hydrogen-bond acceptors (Lipinski definition) is 4. The maximum absolute atomic E-state index is 13.1. The zero-order valence-corrected chi connectivity index (χ0v) is 11.0. The normalized spacial score (nSPS) is 13.6. The van der Waals surface area contributed by atoms with Crippen molar-refractivity contribution in [3.8, 4) is 0 Å². The van der Waals surface area contributed by atoms with Crippen molar-refractivity contribution in [3.05, 3.63) is 29.6 Å². The molecule has 1 atom stereocenters. The monoisotopic (exact) mass is 277 g/mol. The Bertz CT molecular complexity index is 504. The summed E-state index contributed by atoms with van der Waals surface area (Å²) in [5, 5.41) is 9.01. The molecule has 1 aromatic rings. The van der Waals surface area contributed by atoms with Crippen LogP contribution >= 0.6 is 0 Å². The van der Waals surface area contributed by atoms with Crippen LogP contribution in [0.5, 0.6) is 0 Å². The van der Waals surface area contributed by atoms with Crippen LogP contribution in [0.15, 0.2) is 23.1 Å². The SMILES string of the molecule is COCC(CO)NS(=O)(=O)c1cc(F)ccc1C. The molecule has 0 fully saturated rings. The second-order valence-corrected chi connectivity index (χ2v) is 5.55. The Labute approximate surface area is 106 Å². The van der Waals surface area contributed by atoms with Crippen LogP contribution in [0, 0.1) is 12.7 Å². The molecule has 1 rings (SSSR count). The largest absolute Gasteiger partial charge is 0.395 e. The number of aryl methyl sites for hydroxylation is 1. The Kier molecular flexibility index (Phi) is 5.21. The number of halogens is 1. The molecule has 102 valence electrons. The van der Waals surface area contributed by atoms with E-state index in [0.29, 0.717) is 5.56 Å². The van der Waals surface area contributed by atoms with Gasteiger partial charge >= 0.3 is 0 Å². The number of nitrogens with one attached hydrogen (secondary N) is 1. The number of benzene rings is 1. The van der Waals surface area contributed by atoms with Crippen LogP contribution in [-0.4, -0.2) is 39.9 Å². The van der Waals surface area contributed by atoms with Gasteiger partial charge in [-0.1, -0.05) is 6.07 Å². The van der Waals surface area contributed by atoms with Gasteiger partial charge in [0.2, 0.25) is 10.0 Å². The Morgan fingerprint density at radius 2 is 2.17 bits per heavy atom. The van der Waals surface area contributed by atoms with Crippen LogP contribution in [0.2, 0.25) is 0 Å². The average molecular weight is 277 g/mol. The first-order chi connectivity index (χ1) is 8.40. The summed E-state index contributed by atoms with van der Waals surface area (Å²) in [6.07, 6.45) is 0. The van der Waals surface area contributed by atoms with Crippen LogP contribution in [0.3, 0.4) is 0 Å². The summed E-state index contributed by atoms with van der Waals surface area (Å²) >= 11 is 0. The van der Waals surface area contributed by atoms with Crippen molar-refractivity contribution in [1.29, 1.82) is 0 Å². The fraction of sp³-hybridized carbons (Fsp3) is 0.455. The standard InChI is InChI=1S/C11H16FNO4S/c1-8-3-4-9(12)5-11(8)18(15,16)13-10(6-14)7-17-2/h3-5,10,13-14H,6-7H2,1-2H3. The van der Waals surface area contributed by atoms with E-state index in [1.165, 1.54) is 19.2 Å². The minimum Gasteiger partial charge on any atom is -0.395 e. The van der Waals surface area contributed by atoms with E-state index in [-0.39, 0.29) is 11.5 Å². The molecule has 0 aliphatic heterocycles. The van der Waals surface area contributed by atoms with Crippen molar-refractivity contribution in [1.82, 2.24) is 4.72 Å². The number of aliphatic hydroxyl groups is 1. The Balaban J connectivity index is 3.02. The minimum absolute atomic E-state index is 0.0318. The number of hydrogen-bond donors (Lipinski definition) is 2. The summed E-state index contributed by atoms with van der Waals surface area (Å²) < 4.78 is 44.1. The minimum atomic E-state index is -3.88. The smallest absolute Gasteiger partial charge is 0.241 e. The molecule has 2 N–H and O–H groups in total. The van der Waals surface area contributed by atoms with Gasteiger partial charge in [0.05, 0.1) is 24.2 Å². The van der Waals surface area contributed by atoms with Crippen molar-refractivity contribution in [3.63, 3.8) is 0 Å². The number of aliphatic hydroxyl groups excluding tert-OH is 1. The van der Waals surface area contributed by atoms with Gasteiger partial charge < -0.3 is 9.84 Å². The van der Waals surface area contributed by atoms with E-state index < -0.39 is 28.5 Å². The second kappa shape index (κ2) is 6.24. The lowest BCUT2D eigenvalue weighted by molar-refractivity contribution is 0.139. The quantitative estimate of drug-likeness (QED) is 0.790. The molecule has 0 saturated heterocycles. The molecular weight excluding hydrogens is 261 g/mol. The molecule has 0 amide bonds. The van der Waals surface area contributed by atoms with E-state index >= 15 is 0 Å². The number of sulfonamides is 1. The zero-order chi connectivity index (χ0) is 13.8. The molecule has 0 spiro atoms. The molecule has 0 radical (unpaired) electrons. The third-order valence-electron chi connectivity index (χ3n) is 2.35. The summed E-state index contributed by atoms with van der Waals surface area (Å²) in [6, 6.07) is 2.75. The van der Waals surface area contributed by atoms with Gasteiger partial charge in [-0.25, -0.2) is 17.5 Å². The molecule has 0 bridgehead atoms. The molecule has 1 unspecified atom stereocenters. The third-order valence-corrected chi connectivity index (χ3v) is 4.01. The van der Waals surface area contributed by atoms with E-state index in [0.717, 1.165) is 6.07 Å². The first-order valence-corrected chi connectivity index (χ1v) is 6.77. The summed E-state index contributed by atoms with van der Waals surface area (Å²) in [7, 11) is -2.48. The van der Waals surface area contributed by atoms with Crippen LogP contribution in [0.25, 0.3) is 0 Å². The number of rotatable bonds is 6. The van der Waals surface area contributed by atoms with E-state index in [9.17, 15) is 12.8 Å². The van der Waals surface area contributed by atoms with Crippen molar-refractivity contribution < 1.29 is 22.7 Å². The average Bonchev–Trinajstić information content (AvgIpc) is 2.31. The van der Waals surface area contributed by atoms with Gasteiger partial charge in [0, 0.05) is 7.11 Å². The van der Waals surface area contributed by atoms with E-state index in [1.54, 1.807) is 6.92 Å². The lowest BCUT2D eigenvalue weighted by Gasteiger charge is -2.16. The van der Waals surface area contributed by atoms with Crippen LogP contribution in [-0.2, 0) is 14.8 Å². The first-order valence-electron chi connectivity index (χ1n) is 5.29. The first kappa shape index (κ1) is 15.0. The van der Waals surface area contributed by atoms with Crippen molar-refractivity contribution in [2.24, 2.45) is 0 Å². The third kappa shape index (κ3) is 3.74. The molecule has 1 aromatic carbocycles. The van der Waals surface area contributed by atoms with E-state index in [1.807, 2.05) is 0 Å². The maximum atomic E-state index is 13.1. The van der Waals surface area contributed by atoms with Crippen molar-refractivity contribution in [2.45, 2.75) is 17.9 Å². The van der Waals surface area contributed by atoms with Gasteiger partial charge in [0.25, 0.3) is 0 Å². The van der Waals surface area contributed by atoms with Gasteiger partial charge in [-0.05, 0) is 24.6 Å². The molecule has 0 saturated carbocycles. The summed E-state index contributed by atoms with van der Waals surface area (Å²) in [6.45, 7) is 1.20.